The first kappa shape index (κ1) is 13.0. The normalized spacial score (nSPS) is 31.5. The van der Waals surface area contributed by atoms with Crippen molar-refractivity contribution < 1.29 is 4.79 Å². The molecule has 3 aliphatic heterocycles. The molecule has 1 atom stereocenters. The van der Waals surface area contributed by atoms with Gasteiger partial charge in [-0.25, -0.2) is 4.98 Å². The second-order valence-corrected chi connectivity index (χ2v) is 7.92. The van der Waals surface area contributed by atoms with Crippen molar-refractivity contribution in [1.29, 1.82) is 0 Å². The van der Waals surface area contributed by atoms with Gasteiger partial charge in [-0.15, -0.1) is 11.3 Å². The summed E-state index contributed by atoms with van der Waals surface area (Å²) in [6.45, 7) is 2.45. The van der Waals surface area contributed by atoms with E-state index in [9.17, 15) is 4.79 Å². The van der Waals surface area contributed by atoms with Crippen LogP contribution in [0.15, 0.2) is 24.4 Å². The first-order chi connectivity index (χ1) is 10.8. The number of rotatable bonds is 2. The number of aromatic nitrogens is 1. The first-order valence-corrected chi connectivity index (χ1v) is 8.98. The van der Waals surface area contributed by atoms with Crippen LogP contribution in [0, 0.1) is 5.92 Å². The number of nitrogens with one attached hydrogen (secondary N) is 1. The van der Waals surface area contributed by atoms with Gasteiger partial charge >= 0.3 is 0 Å². The fourth-order valence-electron chi connectivity index (χ4n) is 4.52. The molecule has 1 saturated carbocycles. The summed E-state index contributed by atoms with van der Waals surface area (Å²) < 4.78 is 0. The fraction of sp³-hybridized carbons (Fsp3) is 0.529. The monoisotopic (exact) mass is 313 g/mol. The van der Waals surface area contributed by atoms with Gasteiger partial charge in [0.1, 0.15) is 4.83 Å². The molecule has 1 aliphatic carbocycles. The Kier molecular flexibility index (Phi) is 2.68. The first-order valence-electron chi connectivity index (χ1n) is 8.17. The van der Waals surface area contributed by atoms with Crippen molar-refractivity contribution in [2.75, 3.05) is 13.1 Å². The van der Waals surface area contributed by atoms with Gasteiger partial charge in [0.15, 0.2) is 0 Å². The standard InChI is InChI=1S/C17H19N3OS/c21-15(13-10-12-2-1-7-18-16(12)22-13)19-14-11-3-8-20(9-4-11)17(14)5-6-17/h1-2,7,10-11,14H,3-6,8-9H2,(H,19,21)/t14-/m1/s1. The van der Waals surface area contributed by atoms with Crippen LogP contribution in [0.25, 0.3) is 10.2 Å². The van der Waals surface area contributed by atoms with Crippen LogP contribution in [0.2, 0.25) is 0 Å². The molecule has 114 valence electrons. The lowest BCUT2D eigenvalue weighted by Crippen LogP contribution is -2.65. The Morgan fingerprint density at radius 3 is 2.91 bits per heavy atom. The Balaban J connectivity index is 1.42. The van der Waals surface area contributed by atoms with Crippen LogP contribution < -0.4 is 5.32 Å². The highest BCUT2D eigenvalue weighted by atomic mass is 32.1. The maximum absolute atomic E-state index is 12.7. The molecule has 5 heteroatoms. The van der Waals surface area contributed by atoms with E-state index < -0.39 is 0 Å². The number of fused-ring (bicyclic) bond motifs is 3. The molecule has 0 radical (unpaired) electrons. The lowest BCUT2D eigenvalue weighted by Gasteiger charge is -2.52. The third-order valence-corrected chi connectivity index (χ3v) is 6.84. The number of carbonyl (C=O) groups excluding carboxylic acids is 1. The van der Waals surface area contributed by atoms with E-state index in [0.717, 1.165) is 15.1 Å². The predicted molar refractivity (Wildman–Crippen MR) is 87.1 cm³/mol. The SMILES string of the molecule is O=C(N[C@@H]1C2CCN(CC2)C12CC2)c1cc2cccnc2s1. The van der Waals surface area contributed by atoms with Crippen LogP contribution in [0.3, 0.4) is 0 Å². The molecule has 0 aromatic carbocycles. The summed E-state index contributed by atoms with van der Waals surface area (Å²) in [6, 6.07) is 6.26. The molecule has 2 aromatic rings. The molecule has 5 heterocycles. The lowest BCUT2D eigenvalue weighted by atomic mass is 9.77. The average molecular weight is 313 g/mol. The molecule has 4 nitrogen and oxygen atoms in total. The van der Waals surface area contributed by atoms with E-state index in [1.807, 2.05) is 18.2 Å². The molecule has 4 aliphatic rings. The predicted octanol–water partition coefficient (Wildman–Crippen LogP) is 2.65. The van der Waals surface area contributed by atoms with Gasteiger partial charge < -0.3 is 5.32 Å². The van der Waals surface area contributed by atoms with Crippen molar-refractivity contribution >= 4 is 27.5 Å². The molecule has 1 spiro atoms. The maximum atomic E-state index is 12.7. The largest absolute Gasteiger partial charge is 0.346 e. The van der Waals surface area contributed by atoms with Crippen LogP contribution in [-0.4, -0.2) is 40.5 Å². The third kappa shape index (κ3) is 1.78. The summed E-state index contributed by atoms with van der Waals surface area (Å²) in [5.41, 5.74) is 0.297. The third-order valence-electron chi connectivity index (χ3n) is 5.79. The fourth-order valence-corrected chi connectivity index (χ4v) is 5.42. The number of hydrogen-bond acceptors (Lipinski definition) is 4. The summed E-state index contributed by atoms with van der Waals surface area (Å²) in [6.07, 6.45) is 6.76. The topological polar surface area (TPSA) is 45.2 Å². The number of hydrogen-bond donors (Lipinski definition) is 1. The van der Waals surface area contributed by atoms with Gasteiger partial charge in [0.25, 0.3) is 5.91 Å². The summed E-state index contributed by atoms with van der Waals surface area (Å²) in [4.78, 5) is 21.4. The number of pyridine rings is 1. The second-order valence-electron chi connectivity index (χ2n) is 6.89. The van der Waals surface area contributed by atoms with E-state index in [1.54, 1.807) is 6.20 Å². The minimum atomic E-state index is 0.0908. The Hall–Kier alpha value is -1.46. The van der Waals surface area contributed by atoms with E-state index in [2.05, 4.69) is 15.2 Å². The molecule has 3 saturated heterocycles. The number of piperidine rings is 3. The Labute approximate surface area is 133 Å². The van der Waals surface area contributed by atoms with E-state index in [0.29, 0.717) is 17.5 Å². The van der Waals surface area contributed by atoms with Crippen molar-refractivity contribution in [2.45, 2.75) is 37.3 Å². The Morgan fingerprint density at radius 2 is 2.18 bits per heavy atom. The molecule has 22 heavy (non-hydrogen) atoms. The highest BCUT2D eigenvalue weighted by Crippen LogP contribution is 2.53. The molecular weight excluding hydrogens is 294 g/mol. The average Bonchev–Trinajstić information content (AvgIpc) is 3.20. The maximum Gasteiger partial charge on any atom is 0.261 e. The van der Waals surface area contributed by atoms with Crippen LogP contribution in [0.4, 0.5) is 0 Å². The van der Waals surface area contributed by atoms with Gasteiger partial charge in [-0.1, -0.05) is 6.07 Å². The molecule has 0 unspecified atom stereocenters. The molecular formula is C17H19N3OS. The van der Waals surface area contributed by atoms with E-state index in [4.69, 9.17) is 0 Å². The molecule has 1 amide bonds. The van der Waals surface area contributed by atoms with Gasteiger partial charge in [0, 0.05) is 17.1 Å². The van der Waals surface area contributed by atoms with Crippen LogP contribution in [-0.2, 0) is 0 Å². The Bertz CT molecular complexity index is 710. The summed E-state index contributed by atoms with van der Waals surface area (Å²) in [5, 5.41) is 4.45. The van der Waals surface area contributed by atoms with Crippen molar-refractivity contribution in [3.8, 4) is 0 Å². The second kappa shape index (κ2) is 4.52. The zero-order valence-corrected chi connectivity index (χ0v) is 13.2. The van der Waals surface area contributed by atoms with Crippen molar-refractivity contribution in [1.82, 2.24) is 15.2 Å². The van der Waals surface area contributed by atoms with E-state index in [1.165, 1.54) is 50.1 Å². The van der Waals surface area contributed by atoms with E-state index >= 15 is 0 Å². The van der Waals surface area contributed by atoms with Crippen molar-refractivity contribution in [2.24, 2.45) is 5.92 Å². The number of carbonyl (C=O) groups is 1. The molecule has 2 bridgehead atoms. The smallest absolute Gasteiger partial charge is 0.261 e. The van der Waals surface area contributed by atoms with Crippen molar-refractivity contribution in [3.63, 3.8) is 0 Å². The summed E-state index contributed by atoms with van der Waals surface area (Å²) in [7, 11) is 0. The van der Waals surface area contributed by atoms with Crippen molar-refractivity contribution in [3.05, 3.63) is 29.3 Å². The number of nitrogens with zero attached hydrogens (tertiary/aromatic N) is 2. The molecule has 1 N–H and O–H groups in total. The van der Waals surface area contributed by atoms with Gasteiger partial charge in [0.05, 0.1) is 10.9 Å². The Morgan fingerprint density at radius 1 is 1.36 bits per heavy atom. The van der Waals surface area contributed by atoms with Gasteiger partial charge in [0.2, 0.25) is 0 Å². The van der Waals surface area contributed by atoms with Gasteiger partial charge in [-0.2, -0.15) is 0 Å². The summed E-state index contributed by atoms with van der Waals surface area (Å²) in [5.74, 6) is 0.761. The van der Waals surface area contributed by atoms with E-state index in [-0.39, 0.29) is 5.91 Å². The number of amides is 1. The van der Waals surface area contributed by atoms with Crippen LogP contribution in [0.5, 0.6) is 0 Å². The minimum Gasteiger partial charge on any atom is -0.346 e. The molecule has 6 rings (SSSR count). The van der Waals surface area contributed by atoms with Gasteiger partial charge in [-0.3, -0.25) is 9.69 Å². The summed E-state index contributed by atoms with van der Waals surface area (Å²) >= 11 is 1.50. The van der Waals surface area contributed by atoms with Crippen LogP contribution in [0.1, 0.15) is 35.4 Å². The highest BCUT2D eigenvalue weighted by molar-refractivity contribution is 7.20. The van der Waals surface area contributed by atoms with Gasteiger partial charge in [-0.05, 0) is 56.8 Å². The highest BCUT2D eigenvalue weighted by Gasteiger charge is 2.60. The zero-order chi connectivity index (χ0) is 14.7. The molecule has 4 fully saturated rings. The molecule has 2 aromatic heterocycles. The quantitative estimate of drug-likeness (QED) is 0.927. The number of thiophene rings is 1. The minimum absolute atomic E-state index is 0.0908. The lowest BCUT2D eigenvalue weighted by molar-refractivity contribution is -0.00138. The van der Waals surface area contributed by atoms with Crippen LogP contribution >= 0.6 is 11.3 Å². The zero-order valence-electron chi connectivity index (χ0n) is 12.4.